The Hall–Kier alpha value is -1.89. The van der Waals surface area contributed by atoms with Crippen molar-refractivity contribution in [3.8, 4) is 0 Å². The van der Waals surface area contributed by atoms with Crippen molar-refractivity contribution < 1.29 is 14.4 Å². The number of nitrogens with one attached hydrogen (secondary N) is 2. The molecule has 0 fully saturated rings. The first-order valence-electron chi connectivity index (χ1n) is 6.94. The predicted octanol–water partition coefficient (Wildman–Crippen LogP) is 0.853. The highest BCUT2D eigenvalue weighted by molar-refractivity contribution is 7.12. The number of thiophene rings is 1. The normalized spacial score (nSPS) is 10.0. The molecule has 1 heterocycles. The number of carbonyl (C=O) groups excluding carboxylic acids is 3. The lowest BCUT2D eigenvalue weighted by Crippen LogP contribution is -2.41. The molecule has 116 valence electrons. The molecule has 1 aromatic rings. The van der Waals surface area contributed by atoms with Crippen LogP contribution in [0.2, 0.25) is 0 Å². The molecule has 0 saturated heterocycles. The molecule has 0 spiro atoms. The molecule has 1 aromatic heterocycles. The summed E-state index contributed by atoms with van der Waals surface area (Å²) in [6.07, 6.45) is 0.185. The summed E-state index contributed by atoms with van der Waals surface area (Å²) in [6, 6.07) is 3.53. The number of carbonyl (C=O) groups is 3. The minimum absolute atomic E-state index is 0.0576. The summed E-state index contributed by atoms with van der Waals surface area (Å²) in [5.74, 6) is -0.491. The minimum atomic E-state index is -0.176. The molecule has 0 saturated carbocycles. The standard InChI is InChI=1S/C14H21N3O3S/c1-3-15-12(18)10-17(4-2)13(19)7-8-16-14(20)11-6-5-9-21-11/h5-6,9H,3-4,7-8,10H2,1-2H3,(H,15,18)(H,16,20). The minimum Gasteiger partial charge on any atom is -0.355 e. The van der Waals surface area contributed by atoms with Crippen LogP contribution in [0.25, 0.3) is 0 Å². The van der Waals surface area contributed by atoms with Gasteiger partial charge in [0.05, 0.1) is 11.4 Å². The molecular weight excluding hydrogens is 290 g/mol. The van der Waals surface area contributed by atoms with Crippen LogP contribution in [0, 0.1) is 0 Å². The Morgan fingerprint density at radius 3 is 2.57 bits per heavy atom. The second-order valence-electron chi connectivity index (χ2n) is 4.34. The Kier molecular flexibility index (Phi) is 7.45. The molecule has 3 amide bonds. The number of nitrogens with zero attached hydrogens (tertiary/aromatic N) is 1. The van der Waals surface area contributed by atoms with Gasteiger partial charge in [-0.1, -0.05) is 6.07 Å². The quantitative estimate of drug-likeness (QED) is 0.747. The average molecular weight is 311 g/mol. The van der Waals surface area contributed by atoms with Gasteiger partial charge >= 0.3 is 0 Å². The van der Waals surface area contributed by atoms with E-state index in [-0.39, 0.29) is 37.2 Å². The molecule has 0 aromatic carbocycles. The highest BCUT2D eigenvalue weighted by atomic mass is 32.1. The molecule has 6 nitrogen and oxygen atoms in total. The number of likely N-dealkylation sites (N-methyl/N-ethyl adjacent to an activating group) is 2. The molecule has 0 atom stereocenters. The smallest absolute Gasteiger partial charge is 0.261 e. The first-order valence-corrected chi connectivity index (χ1v) is 7.82. The average Bonchev–Trinajstić information content (AvgIpc) is 2.99. The molecule has 0 aliphatic heterocycles. The molecule has 7 heteroatoms. The van der Waals surface area contributed by atoms with E-state index in [1.54, 1.807) is 12.1 Å². The summed E-state index contributed by atoms with van der Waals surface area (Å²) < 4.78 is 0. The van der Waals surface area contributed by atoms with E-state index in [0.29, 0.717) is 18.0 Å². The van der Waals surface area contributed by atoms with E-state index in [1.807, 2.05) is 19.2 Å². The Morgan fingerprint density at radius 1 is 1.24 bits per heavy atom. The van der Waals surface area contributed by atoms with E-state index in [1.165, 1.54) is 16.2 Å². The van der Waals surface area contributed by atoms with Crippen LogP contribution in [0.4, 0.5) is 0 Å². The summed E-state index contributed by atoms with van der Waals surface area (Å²) in [7, 11) is 0. The second kappa shape index (κ2) is 9.12. The Balaban J connectivity index is 2.34. The van der Waals surface area contributed by atoms with E-state index in [0.717, 1.165) is 0 Å². The first kappa shape index (κ1) is 17.2. The molecule has 0 unspecified atom stereocenters. The van der Waals surface area contributed by atoms with E-state index < -0.39 is 0 Å². The highest BCUT2D eigenvalue weighted by Crippen LogP contribution is 2.07. The van der Waals surface area contributed by atoms with Crippen molar-refractivity contribution >= 4 is 29.1 Å². The van der Waals surface area contributed by atoms with Crippen LogP contribution in [0.5, 0.6) is 0 Å². The van der Waals surface area contributed by atoms with Crippen LogP contribution in [0.1, 0.15) is 29.9 Å². The first-order chi connectivity index (χ1) is 10.1. The van der Waals surface area contributed by atoms with E-state index in [2.05, 4.69) is 10.6 Å². The lowest BCUT2D eigenvalue weighted by atomic mass is 10.3. The zero-order valence-corrected chi connectivity index (χ0v) is 13.2. The highest BCUT2D eigenvalue weighted by Gasteiger charge is 2.15. The van der Waals surface area contributed by atoms with Crippen LogP contribution >= 0.6 is 11.3 Å². The van der Waals surface area contributed by atoms with Crippen molar-refractivity contribution in [2.45, 2.75) is 20.3 Å². The summed E-state index contributed by atoms with van der Waals surface area (Å²) >= 11 is 1.35. The molecule has 0 radical (unpaired) electrons. The SMILES string of the molecule is CCNC(=O)CN(CC)C(=O)CCNC(=O)c1cccs1. The zero-order valence-electron chi connectivity index (χ0n) is 12.3. The fourth-order valence-electron chi connectivity index (χ4n) is 1.74. The number of hydrogen-bond donors (Lipinski definition) is 2. The van der Waals surface area contributed by atoms with Gasteiger partial charge in [-0.25, -0.2) is 0 Å². The van der Waals surface area contributed by atoms with Gasteiger partial charge in [0.25, 0.3) is 5.91 Å². The van der Waals surface area contributed by atoms with Gasteiger partial charge in [-0.15, -0.1) is 11.3 Å². The van der Waals surface area contributed by atoms with Crippen LogP contribution in [-0.2, 0) is 9.59 Å². The van der Waals surface area contributed by atoms with Crippen molar-refractivity contribution in [2.24, 2.45) is 0 Å². The Bertz CT molecular complexity index is 474. The lowest BCUT2D eigenvalue weighted by molar-refractivity contribution is -0.135. The maximum atomic E-state index is 12.0. The molecular formula is C14H21N3O3S. The van der Waals surface area contributed by atoms with Crippen LogP contribution < -0.4 is 10.6 Å². The summed E-state index contributed by atoms with van der Waals surface area (Å²) in [5, 5.41) is 7.18. The molecule has 0 aliphatic rings. The van der Waals surface area contributed by atoms with Gasteiger partial charge in [0, 0.05) is 26.1 Å². The summed E-state index contributed by atoms with van der Waals surface area (Å²) in [5.41, 5.74) is 0. The third kappa shape index (κ3) is 5.95. The van der Waals surface area contributed by atoms with Crippen LogP contribution in [0.15, 0.2) is 17.5 Å². The van der Waals surface area contributed by atoms with Gasteiger partial charge in [0.1, 0.15) is 0 Å². The molecule has 0 bridgehead atoms. The van der Waals surface area contributed by atoms with Crippen LogP contribution in [-0.4, -0.2) is 48.8 Å². The zero-order chi connectivity index (χ0) is 15.7. The maximum absolute atomic E-state index is 12.0. The van der Waals surface area contributed by atoms with E-state index in [9.17, 15) is 14.4 Å². The van der Waals surface area contributed by atoms with E-state index in [4.69, 9.17) is 0 Å². The van der Waals surface area contributed by atoms with Crippen molar-refractivity contribution in [2.75, 3.05) is 26.2 Å². The molecule has 2 N–H and O–H groups in total. The fraction of sp³-hybridized carbons (Fsp3) is 0.500. The van der Waals surface area contributed by atoms with Crippen molar-refractivity contribution in [3.63, 3.8) is 0 Å². The Morgan fingerprint density at radius 2 is 2.00 bits per heavy atom. The second-order valence-corrected chi connectivity index (χ2v) is 5.29. The third-order valence-corrected chi connectivity index (χ3v) is 3.68. The Labute approximate surface area is 128 Å². The lowest BCUT2D eigenvalue weighted by Gasteiger charge is -2.20. The molecule has 21 heavy (non-hydrogen) atoms. The molecule has 0 aliphatic carbocycles. The topological polar surface area (TPSA) is 78.5 Å². The van der Waals surface area contributed by atoms with Gasteiger partial charge in [0.2, 0.25) is 11.8 Å². The van der Waals surface area contributed by atoms with Crippen molar-refractivity contribution in [1.82, 2.24) is 15.5 Å². The largest absolute Gasteiger partial charge is 0.355 e. The monoisotopic (exact) mass is 311 g/mol. The fourth-order valence-corrected chi connectivity index (χ4v) is 2.38. The van der Waals surface area contributed by atoms with Gasteiger partial charge in [-0.2, -0.15) is 0 Å². The number of rotatable bonds is 8. The third-order valence-electron chi connectivity index (χ3n) is 2.81. The predicted molar refractivity (Wildman–Crippen MR) is 82.2 cm³/mol. The summed E-state index contributed by atoms with van der Waals surface area (Å²) in [6.45, 7) is 4.98. The number of amides is 3. The van der Waals surface area contributed by atoms with Gasteiger partial charge in [-0.3, -0.25) is 14.4 Å². The molecule has 1 rings (SSSR count). The van der Waals surface area contributed by atoms with Gasteiger partial charge in [0.15, 0.2) is 0 Å². The van der Waals surface area contributed by atoms with Gasteiger partial charge in [-0.05, 0) is 25.3 Å². The van der Waals surface area contributed by atoms with Crippen LogP contribution in [0.3, 0.4) is 0 Å². The van der Waals surface area contributed by atoms with Crippen molar-refractivity contribution in [3.05, 3.63) is 22.4 Å². The maximum Gasteiger partial charge on any atom is 0.261 e. The number of hydrogen-bond acceptors (Lipinski definition) is 4. The summed E-state index contributed by atoms with van der Waals surface area (Å²) in [4.78, 5) is 37.3. The van der Waals surface area contributed by atoms with Gasteiger partial charge < -0.3 is 15.5 Å². The van der Waals surface area contributed by atoms with Crippen molar-refractivity contribution in [1.29, 1.82) is 0 Å². The van der Waals surface area contributed by atoms with E-state index >= 15 is 0 Å².